The van der Waals surface area contributed by atoms with Gasteiger partial charge in [0.25, 0.3) is 0 Å². The Morgan fingerprint density at radius 1 is 1.19 bits per heavy atom. The van der Waals surface area contributed by atoms with Crippen LogP contribution in [0.4, 0.5) is 4.79 Å². The van der Waals surface area contributed by atoms with Gasteiger partial charge < -0.3 is 15.7 Å². The Morgan fingerprint density at radius 3 is 2.31 bits per heavy atom. The first-order valence-corrected chi connectivity index (χ1v) is 5.88. The van der Waals surface area contributed by atoms with Gasteiger partial charge in [-0.3, -0.25) is 4.79 Å². The number of aliphatic carboxylic acids is 1. The lowest BCUT2D eigenvalue weighted by molar-refractivity contribution is -0.143. The molecule has 5 heteroatoms. The lowest BCUT2D eigenvalue weighted by Crippen LogP contribution is -2.39. The van der Waals surface area contributed by atoms with Crippen molar-refractivity contribution in [2.45, 2.75) is 32.6 Å². The van der Waals surface area contributed by atoms with E-state index in [2.05, 4.69) is 10.6 Å². The Bertz CT molecular complexity index is 248. The molecule has 0 unspecified atom stereocenters. The van der Waals surface area contributed by atoms with Crippen LogP contribution in [0.15, 0.2) is 0 Å². The van der Waals surface area contributed by atoms with E-state index in [0.29, 0.717) is 19.0 Å². The molecule has 0 bridgehead atoms. The standard InChI is InChI=1S/C11H20N2O3/c1-2-12-11(16)13-7-8-3-5-9(6-4-8)10(14)15/h8-9H,2-7H2,1H3,(H,14,15)(H2,12,13,16). The van der Waals surface area contributed by atoms with E-state index in [1.807, 2.05) is 6.92 Å². The first-order valence-electron chi connectivity index (χ1n) is 5.88. The third-order valence-corrected chi connectivity index (χ3v) is 3.08. The molecule has 1 rings (SSSR count). The van der Waals surface area contributed by atoms with Gasteiger partial charge in [0.15, 0.2) is 0 Å². The number of amides is 2. The van der Waals surface area contributed by atoms with Gasteiger partial charge in [-0.15, -0.1) is 0 Å². The van der Waals surface area contributed by atoms with Crippen molar-refractivity contribution in [2.24, 2.45) is 11.8 Å². The van der Waals surface area contributed by atoms with Crippen LogP contribution in [-0.4, -0.2) is 30.2 Å². The summed E-state index contributed by atoms with van der Waals surface area (Å²) < 4.78 is 0. The van der Waals surface area contributed by atoms with E-state index in [9.17, 15) is 9.59 Å². The van der Waals surface area contributed by atoms with Gasteiger partial charge >= 0.3 is 12.0 Å². The van der Waals surface area contributed by atoms with E-state index >= 15 is 0 Å². The molecule has 2 amide bonds. The second kappa shape index (κ2) is 6.35. The highest BCUT2D eigenvalue weighted by molar-refractivity contribution is 5.73. The Hall–Kier alpha value is -1.26. The summed E-state index contributed by atoms with van der Waals surface area (Å²) in [6, 6.07) is -0.136. The second-order valence-electron chi connectivity index (χ2n) is 4.30. The molecule has 0 aromatic rings. The van der Waals surface area contributed by atoms with E-state index in [0.717, 1.165) is 25.7 Å². The predicted octanol–water partition coefficient (Wildman–Crippen LogP) is 1.20. The third kappa shape index (κ3) is 4.08. The van der Waals surface area contributed by atoms with Crippen molar-refractivity contribution in [3.05, 3.63) is 0 Å². The number of hydrogen-bond acceptors (Lipinski definition) is 2. The Balaban J connectivity index is 2.17. The maximum absolute atomic E-state index is 11.1. The van der Waals surface area contributed by atoms with E-state index < -0.39 is 5.97 Å². The zero-order chi connectivity index (χ0) is 12.0. The molecule has 0 aliphatic heterocycles. The number of hydrogen-bond donors (Lipinski definition) is 3. The zero-order valence-corrected chi connectivity index (χ0v) is 9.66. The molecule has 1 saturated carbocycles. The van der Waals surface area contributed by atoms with Gasteiger partial charge in [0, 0.05) is 13.1 Å². The van der Waals surface area contributed by atoms with Crippen LogP contribution in [0.5, 0.6) is 0 Å². The molecule has 0 heterocycles. The molecule has 1 aliphatic rings. The fourth-order valence-corrected chi connectivity index (χ4v) is 2.07. The second-order valence-corrected chi connectivity index (χ2v) is 4.30. The number of carboxylic acid groups (broad SMARTS) is 1. The average Bonchev–Trinajstić information content (AvgIpc) is 2.27. The summed E-state index contributed by atoms with van der Waals surface area (Å²) in [6.07, 6.45) is 3.25. The van der Waals surface area contributed by atoms with Crippen LogP contribution in [0.2, 0.25) is 0 Å². The highest BCUT2D eigenvalue weighted by Crippen LogP contribution is 2.28. The molecular formula is C11H20N2O3. The van der Waals surface area contributed by atoms with Crippen LogP contribution >= 0.6 is 0 Å². The Morgan fingerprint density at radius 2 is 1.81 bits per heavy atom. The molecule has 0 spiro atoms. The van der Waals surface area contributed by atoms with E-state index in [4.69, 9.17) is 5.11 Å². The fourth-order valence-electron chi connectivity index (χ4n) is 2.07. The quantitative estimate of drug-likeness (QED) is 0.676. The number of carbonyl (C=O) groups is 2. The summed E-state index contributed by atoms with van der Waals surface area (Å²) >= 11 is 0. The largest absolute Gasteiger partial charge is 0.481 e. The molecule has 92 valence electrons. The minimum absolute atomic E-state index is 0.136. The van der Waals surface area contributed by atoms with Crippen LogP contribution < -0.4 is 10.6 Å². The number of nitrogens with one attached hydrogen (secondary N) is 2. The maximum atomic E-state index is 11.1. The van der Waals surface area contributed by atoms with Crippen LogP contribution in [0.1, 0.15) is 32.6 Å². The molecule has 0 saturated heterocycles. The smallest absolute Gasteiger partial charge is 0.314 e. The molecule has 0 aromatic heterocycles. The molecule has 16 heavy (non-hydrogen) atoms. The lowest BCUT2D eigenvalue weighted by atomic mass is 9.82. The minimum Gasteiger partial charge on any atom is -0.481 e. The normalized spacial score (nSPS) is 24.8. The number of carboxylic acids is 1. The summed E-state index contributed by atoms with van der Waals surface area (Å²) in [7, 11) is 0. The van der Waals surface area contributed by atoms with Gasteiger partial charge in [0.2, 0.25) is 0 Å². The van der Waals surface area contributed by atoms with Crippen LogP contribution in [0.25, 0.3) is 0 Å². The van der Waals surface area contributed by atoms with Crippen molar-refractivity contribution in [3.8, 4) is 0 Å². The summed E-state index contributed by atoms with van der Waals surface area (Å²) in [5, 5.41) is 14.3. The molecule has 3 N–H and O–H groups in total. The number of carbonyl (C=O) groups excluding carboxylic acids is 1. The van der Waals surface area contributed by atoms with E-state index in [1.54, 1.807) is 0 Å². The molecule has 1 aliphatic carbocycles. The van der Waals surface area contributed by atoms with Gasteiger partial charge in [0.05, 0.1) is 5.92 Å². The van der Waals surface area contributed by atoms with Crippen LogP contribution in [-0.2, 0) is 4.79 Å². The minimum atomic E-state index is -0.685. The van der Waals surface area contributed by atoms with Crippen molar-refractivity contribution < 1.29 is 14.7 Å². The van der Waals surface area contributed by atoms with Crippen LogP contribution in [0.3, 0.4) is 0 Å². The monoisotopic (exact) mass is 228 g/mol. The molecule has 0 radical (unpaired) electrons. The first kappa shape index (κ1) is 12.8. The summed E-state index contributed by atoms with van der Waals surface area (Å²) in [6.45, 7) is 3.15. The zero-order valence-electron chi connectivity index (χ0n) is 9.66. The molecule has 5 nitrogen and oxygen atoms in total. The van der Waals surface area contributed by atoms with Crippen molar-refractivity contribution in [3.63, 3.8) is 0 Å². The summed E-state index contributed by atoms with van der Waals surface area (Å²) in [4.78, 5) is 21.9. The van der Waals surface area contributed by atoms with Gasteiger partial charge in [-0.1, -0.05) is 0 Å². The van der Waals surface area contributed by atoms with E-state index in [1.165, 1.54) is 0 Å². The van der Waals surface area contributed by atoms with Gasteiger partial charge in [0.1, 0.15) is 0 Å². The highest BCUT2D eigenvalue weighted by Gasteiger charge is 2.25. The maximum Gasteiger partial charge on any atom is 0.314 e. The Kier molecular flexibility index (Phi) is 5.08. The third-order valence-electron chi connectivity index (χ3n) is 3.08. The van der Waals surface area contributed by atoms with Crippen LogP contribution in [0, 0.1) is 11.8 Å². The van der Waals surface area contributed by atoms with Crippen molar-refractivity contribution in [1.29, 1.82) is 0 Å². The molecule has 1 fully saturated rings. The van der Waals surface area contributed by atoms with Crippen molar-refractivity contribution >= 4 is 12.0 Å². The number of urea groups is 1. The van der Waals surface area contributed by atoms with Gasteiger partial charge in [-0.25, -0.2) is 4.79 Å². The average molecular weight is 228 g/mol. The highest BCUT2D eigenvalue weighted by atomic mass is 16.4. The lowest BCUT2D eigenvalue weighted by Gasteiger charge is -2.26. The van der Waals surface area contributed by atoms with Gasteiger partial charge in [-0.05, 0) is 38.5 Å². The van der Waals surface area contributed by atoms with Gasteiger partial charge in [-0.2, -0.15) is 0 Å². The topological polar surface area (TPSA) is 78.4 Å². The molecule has 0 aromatic carbocycles. The predicted molar refractivity (Wildman–Crippen MR) is 60.2 cm³/mol. The summed E-state index contributed by atoms with van der Waals surface area (Å²) in [5.41, 5.74) is 0. The molecular weight excluding hydrogens is 208 g/mol. The Labute approximate surface area is 95.6 Å². The summed E-state index contributed by atoms with van der Waals surface area (Å²) in [5.74, 6) is -0.436. The van der Waals surface area contributed by atoms with Crippen molar-refractivity contribution in [2.75, 3.05) is 13.1 Å². The molecule has 0 atom stereocenters. The number of rotatable bonds is 4. The SMILES string of the molecule is CCNC(=O)NCC1CCC(C(=O)O)CC1. The fraction of sp³-hybridized carbons (Fsp3) is 0.818. The van der Waals surface area contributed by atoms with E-state index in [-0.39, 0.29) is 11.9 Å². The first-order chi connectivity index (χ1) is 7.63. The van der Waals surface area contributed by atoms with Crippen molar-refractivity contribution in [1.82, 2.24) is 10.6 Å².